The van der Waals surface area contributed by atoms with E-state index in [1.165, 1.54) is 12.3 Å². The van der Waals surface area contributed by atoms with Crippen LogP contribution in [0.5, 0.6) is 0 Å². The maximum Gasteiger partial charge on any atom is 0.262 e. The number of carbonyl (C=O) groups excluding carboxylic acids is 1. The van der Waals surface area contributed by atoms with Crippen molar-refractivity contribution in [2.45, 2.75) is 12.8 Å². The molecule has 0 amide bonds. The van der Waals surface area contributed by atoms with Crippen LogP contribution >= 0.6 is 0 Å². The number of ketones is 1. The van der Waals surface area contributed by atoms with Gasteiger partial charge in [-0.1, -0.05) is 0 Å². The molecule has 8 heteroatoms. The lowest BCUT2D eigenvalue weighted by molar-refractivity contribution is 0.0973. The average Bonchev–Trinajstić information content (AvgIpc) is 2.55. The third kappa shape index (κ3) is 2.98. The van der Waals surface area contributed by atoms with Gasteiger partial charge in [-0.25, -0.2) is 13.8 Å². The number of pyridine rings is 1. The van der Waals surface area contributed by atoms with Gasteiger partial charge in [-0.3, -0.25) is 14.4 Å². The summed E-state index contributed by atoms with van der Waals surface area (Å²) < 4.78 is 26.8. The molecule has 2 aromatic heterocycles. The third-order valence-corrected chi connectivity index (χ3v) is 3.51. The minimum Gasteiger partial charge on any atom is -0.329 e. The number of aromatic nitrogens is 3. The number of rotatable bonds is 4. The number of hydrogen-bond donors (Lipinski definition) is 2. The Morgan fingerprint density at radius 1 is 1.17 bits per heavy atom. The predicted molar refractivity (Wildman–Crippen MR) is 82.0 cm³/mol. The van der Waals surface area contributed by atoms with Crippen molar-refractivity contribution in [3.05, 3.63) is 74.2 Å². The molecular formula is C16H11F2N3O3. The van der Waals surface area contributed by atoms with Crippen LogP contribution in [0.25, 0.3) is 10.9 Å². The Morgan fingerprint density at radius 2 is 1.96 bits per heavy atom. The van der Waals surface area contributed by atoms with Crippen molar-refractivity contribution < 1.29 is 13.6 Å². The van der Waals surface area contributed by atoms with Crippen LogP contribution in [0.15, 0.2) is 40.1 Å². The first kappa shape index (κ1) is 15.7. The fourth-order valence-corrected chi connectivity index (χ4v) is 2.32. The van der Waals surface area contributed by atoms with Crippen molar-refractivity contribution in [1.82, 2.24) is 15.0 Å². The molecule has 0 aliphatic carbocycles. The van der Waals surface area contributed by atoms with E-state index in [2.05, 4.69) is 15.0 Å². The highest BCUT2D eigenvalue weighted by Crippen LogP contribution is 2.15. The number of nitrogens with one attached hydrogen (secondary N) is 2. The zero-order valence-electron chi connectivity index (χ0n) is 12.2. The fraction of sp³-hybridized carbons (Fsp3) is 0.125. The molecule has 3 aromatic rings. The number of carbonyl (C=O) groups is 1. The van der Waals surface area contributed by atoms with Crippen LogP contribution in [0.4, 0.5) is 8.78 Å². The normalized spacial score (nSPS) is 10.9. The first-order chi connectivity index (χ1) is 11.5. The highest BCUT2D eigenvalue weighted by Gasteiger charge is 2.16. The minimum absolute atomic E-state index is 0.00156. The van der Waals surface area contributed by atoms with E-state index >= 15 is 0 Å². The molecule has 0 saturated carbocycles. The van der Waals surface area contributed by atoms with Crippen LogP contribution in [0.2, 0.25) is 0 Å². The molecule has 0 bridgehead atoms. The molecule has 6 nitrogen and oxygen atoms in total. The Balaban J connectivity index is 1.89. The first-order valence-electron chi connectivity index (χ1n) is 7.04. The van der Waals surface area contributed by atoms with Crippen molar-refractivity contribution in [3.8, 4) is 0 Å². The topological polar surface area (TPSA) is 95.7 Å². The second-order valence-electron chi connectivity index (χ2n) is 5.15. The molecule has 24 heavy (non-hydrogen) atoms. The summed E-state index contributed by atoms with van der Waals surface area (Å²) in [5.41, 5.74) is -0.647. The van der Waals surface area contributed by atoms with E-state index in [1.54, 1.807) is 6.07 Å². The molecule has 2 N–H and O–H groups in total. The molecule has 0 aliphatic rings. The molecule has 0 spiro atoms. The predicted octanol–water partition coefficient (Wildman–Crippen LogP) is 1.71. The average molecular weight is 331 g/mol. The molecule has 0 atom stereocenters. The van der Waals surface area contributed by atoms with E-state index < -0.39 is 28.4 Å². The first-order valence-corrected chi connectivity index (χ1v) is 7.04. The van der Waals surface area contributed by atoms with Crippen LogP contribution in [0.3, 0.4) is 0 Å². The van der Waals surface area contributed by atoms with E-state index in [9.17, 15) is 23.2 Å². The Hall–Kier alpha value is -3.16. The van der Waals surface area contributed by atoms with Crippen molar-refractivity contribution in [2.24, 2.45) is 0 Å². The van der Waals surface area contributed by atoms with Crippen LogP contribution in [-0.4, -0.2) is 20.7 Å². The van der Waals surface area contributed by atoms with Gasteiger partial charge in [-0.05, 0) is 30.2 Å². The summed E-state index contributed by atoms with van der Waals surface area (Å²) in [4.78, 5) is 43.8. The molecule has 122 valence electrons. The summed E-state index contributed by atoms with van der Waals surface area (Å²) in [6.45, 7) is 0. The van der Waals surface area contributed by atoms with Gasteiger partial charge in [0.2, 0.25) is 5.56 Å². The number of Topliss-reactive ketones (excluding diaryl/α,β-unsaturated/α-hetero) is 1. The van der Waals surface area contributed by atoms with Crippen molar-refractivity contribution in [2.75, 3.05) is 0 Å². The molecule has 1 aromatic carbocycles. The summed E-state index contributed by atoms with van der Waals surface area (Å²) in [5, 5.41) is -0.527. The largest absolute Gasteiger partial charge is 0.329 e. The van der Waals surface area contributed by atoms with Crippen molar-refractivity contribution >= 4 is 16.7 Å². The molecule has 0 fully saturated rings. The summed E-state index contributed by atoms with van der Waals surface area (Å²) in [5.74, 6) is -3.17. The van der Waals surface area contributed by atoms with Gasteiger partial charge in [0.15, 0.2) is 23.2 Å². The maximum atomic E-state index is 13.6. The number of aryl methyl sites for hydroxylation is 1. The summed E-state index contributed by atoms with van der Waals surface area (Å²) in [6, 6.07) is 5.00. The van der Waals surface area contributed by atoms with Gasteiger partial charge in [0.05, 0.1) is 5.52 Å². The van der Waals surface area contributed by atoms with Gasteiger partial charge < -0.3 is 9.97 Å². The molecule has 0 unspecified atom stereocenters. The van der Waals surface area contributed by atoms with Crippen molar-refractivity contribution in [1.29, 1.82) is 0 Å². The van der Waals surface area contributed by atoms with Crippen LogP contribution < -0.4 is 11.1 Å². The number of halogens is 2. The Kier molecular flexibility index (Phi) is 4.03. The van der Waals surface area contributed by atoms with E-state index in [-0.39, 0.29) is 29.7 Å². The molecule has 0 aliphatic heterocycles. The van der Waals surface area contributed by atoms with Crippen molar-refractivity contribution in [3.63, 3.8) is 0 Å². The van der Waals surface area contributed by atoms with E-state index in [0.717, 1.165) is 12.1 Å². The highest BCUT2D eigenvalue weighted by molar-refractivity contribution is 5.94. The second-order valence-corrected chi connectivity index (χ2v) is 5.15. The van der Waals surface area contributed by atoms with Crippen LogP contribution in [0, 0.1) is 11.6 Å². The minimum atomic E-state index is -1.30. The van der Waals surface area contributed by atoms with Gasteiger partial charge in [-0.2, -0.15) is 0 Å². The summed E-state index contributed by atoms with van der Waals surface area (Å²) in [6.07, 6.45) is 1.75. The Morgan fingerprint density at radius 3 is 2.71 bits per heavy atom. The van der Waals surface area contributed by atoms with E-state index in [0.29, 0.717) is 5.56 Å². The SMILES string of the molecule is O=C(CCc1cc[nH]c(=O)c1)c1nc2ccc(F)c(F)c2c(=O)[nH]1. The molecule has 3 rings (SSSR count). The molecule has 0 saturated heterocycles. The van der Waals surface area contributed by atoms with Gasteiger partial charge in [-0.15, -0.1) is 0 Å². The van der Waals surface area contributed by atoms with E-state index in [1.807, 2.05) is 0 Å². The van der Waals surface area contributed by atoms with Gasteiger partial charge in [0.1, 0.15) is 5.39 Å². The number of benzene rings is 1. The lowest BCUT2D eigenvalue weighted by Crippen LogP contribution is -2.18. The number of fused-ring (bicyclic) bond motifs is 1. The van der Waals surface area contributed by atoms with Gasteiger partial charge in [0.25, 0.3) is 5.56 Å². The third-order valence-electron chi connectivity index (χ3n) is 3.51. The number of hydrogen-bond acceptors (Lipinski definition) is 4. The number of nitrogens with zero attached hydrogens (tertiary/aromatic N) is 1. The number of aromatic amines is 2. The zero-order chi connectivity index (χ0) is 17.3. The van der Waals surface area contributed by atoms with Gasteiger partial charge >= 0.3 is 0 Å². The smallest absolute Gasteiger partial charge is 0.262 e. The standard InChI is InChI=1S/C16H11F2N3O3/c17-9-2-3-10-13(14(9)18)16(24)21-15(20-10)11(22)4-1-8-5-6-19-12(23)7-8/h2-3,5-7H,1,4H2,(H,19,23)(H,20,21,24). The lowest BCUT2D eigenvalue weighted by atomic mass is 10.1. The lowest BCUT2D eigenvalue weighted by Gasteiger charge is -2.04. The van der Waals surface area contributed by atoms with Crippen LogP contribution in [0.1, 0.15) is 22.6 Å². The summed E-state index contributed by atoms with van der Waals surface area (Å²) >= 11 is 0. The molecule has 0 radical (unpaired) electrons. The molecule has 2 heterocycles. The Labute approximate surface area is 133 Å². The second kappa shape index (κ2) is 6.15. The fourth-order valence-electron chi connectivity index (χ4n) is 2.32. The monoisotopic (exact) mass is 331 g/mol. The maximum absolute atomic E-state index is 13.6. The number of H-pyrrole nitrogens is 2. The van der Waals surface area contributed by atoms with Crippen LogP contribution in [-0.2, 0) is 6.42 Å². The quantitative estimate of drug-likeness (QED) is 0.711. The Bertz CT molecular complexity index is 1060. The van der Waals surface area contributed by atoms with Gasteiger partial charge in [0, 0.05) is 18.7 Å². The summed E-state index contributed by atoms with van der Waals surface area (Å²) in [7, 11) is 0. The van der Waals surface area contributed by atoms with E-state index in [4.69, 9.17) is 0 Å². The highest BCUT2D eigenvalue weighted by atomic mass is 19.2. The molecular weight excluding hydrogens is 320 g/mol. The zero-order valence-corrected chi connectivity index (χ0v) is 12.2.